The molecule has 0 saturated carbocycles. The normalized spacial score (nSPS) is 10.5. The van der Waals surface area contributed by atoms with Crippen LogP contribution in [0.1, 0.15) is 17.7 Å². The standard InChI is InChI=1S/C12H8ClF2N3O/c1-19-8-4-2-3-7(5-8)18-11(13)9(6-16)10(17-18)12(14)15/h2-5,12H,1H3. The maximum atomic E-state index is 12.8. The average Bonchev–Trinajstić information content (AvgIpc) is 2.76. The number of hydrogen-bond donors (Lipinski definition) is 0. The number of hydrogen-bond acceptors (Lipinski definition) is 3. The summed E-state index contributed by atoms with van der Waals surface area (Å²) < 4.78 is 31.6. The van der Waals surface area contributed by atoms with Gasteiger partial charge in [-0.25, -0.2) is 13.5 Å². The molecule has 0 atom stereocenters. The molecule has 2 aromatic rings. The Labute approximate surface area is 112 Å². The third kappa shape index (κ3) is 2.37. The van der Waals surface area contributed by atoms with Gasteiger partial charge in [-0.1, -0.05) is 17.7 Å². The van der Waals surface area contributed by atoms with Gasteiger partial charge in [0.25, 0.3) is 6.43 Å². The Morgan fingerprint density at radius 2 is 2.21 bits per heavy atom. The summed E-state index contributed by atoms with van der Waals surface area (Å²) in [5.74, 6) is 0.529. The van der Waals surface area contributed by atoms with E-state index in [1.165, 1.54) is 7.11 Å². The maximum absolute atomic E-state index is 12.8. The Morgan fingerprint density at radius 3 is 2.74 bits per heavy atom. The second-order valence-corrected chi connectivity index (χ2v) is 3.93. The van der Waals surface area contributed by atoms with Crippen molar-refractivity contribution < 1.29 is 13.5 Å². The highest BCUT2D eigenvalue weighted by Gasteiger charge is 2.23. The van der Waals surface area contributed by atoms with Gasteiger partial charge in [-0.2, -0.15) is 10.4 Å². The van der Waals surface area contributed by atoms with E-state index in [0.717, 1.165) is 4.68 Å². The number of aromatic nitrogens is 2. The molecule has 0 aliphatic heterocycles. The van der Waals surface area contributed by atoms with Gasteiger partial charge in [0.2, 0.25) is 0 Å². The van der Waals surface area contributed by atoms with Gasteiger partial charge in [0.1, 0.15) is 23.1 Å². The fourth-order valence-electron chi connectivity index (χ4n) is 1.58. The van der Waals surface area contributed by atoms with Gasteiger partial charge in [0.05, 0.1) is 12.8 Å². The van der Waals surface area contributed by atoms with Gasteiger partial charge >= 0.3 is 0 Å². The van der Waals surface area contributed by atoms with Crippen LogP contribution < -0.4 is 4.74 Å². The first-order chi connectivity index (χ1) is 9.08. The van der Waals surface area contributed by atoms with Gasteiger partial charge in [0, 0.05) is 6.07 Å². The zero-order valence-corrected chi connectivity index (χ0v) is 10.5. The molecule has 0 saturated heterocycles. The molecule has 0 fully saturated rings. The quantitative estimate of drug-likeness (QED) is 0.868. The average molecular weight is 284 g/mol. The van der Waals surface area contributed by atoms with Crippen LogP contribution in [0.15, 0.2) is 24.3 Å². The Hall–Kier alpha value is -2.13. The van der Waals surface area contributed by atoms with Crippen molar-refractivity contribution >= 4 is 11.6 Å². The molecule has 98 valence electrons. The topological polar surface area (TPSA) is 50.8 Å². The minimum Gasteiger partial charge on any atom is -0.497 e. The smallest absolute Gasteiger partial charge is 0.283 e. The molecule has 2 rings (SSSR count). The lowest BCUT2D eigenvalue weighted by Crippen LogP contribution is -1.98. The fraction of sp³-hybridized carbons (Fsp3) is 0.167. The molecule has 4 nitrogen and oxygen atoms in total. The summed E-state index contributed by atoms with van der Waals surface area (Å²) in [6, 6.07) is 8.20. The lowest BCUT2D eigenvalue weighted by Gasteiger charge is -2.05. The summed E-state index contributed by atoms with van der Waals surface area (Å²) in [4.78, 5) is 0. The number of halogens is 3. The number of alkyl halides is 2. The molecule has 1 heterocycles. The third-order valence-electron chi connectivity index (χ3n) is 2.47. The third-order valence-corrected chi connectivity index (χ3v) is 2.82. The predicted octanol–water partition coefficient (Wildman–Crippen LogP) is 3.34. The van der Waals surface area contributed by atoms with Crippen molar-refractivity contribution in [3.8, 4) is 17.5 Å². The zero-order valence-electron chi connectivity index (χ0n) is 9.77. The Kier molecular flexibility index (Phi) is 3.67. The molecule has 0 aliphatic rings. The van der Waals surface area contributed by atoms with Crippen LogP contribution in [0.5, 0.6) is 5.75 Å². The van der Waals surface area contributed by atoms with Crippen LogP contribution in [-0.2, 0) is 0 Å². The van der Waals surface area contributed by atoms with Gasteiger partial charge < -0.3 is 4.74 Å². The number of nitriles is 1. The van der Waals surface area contributed by atoms with Gasteiger partial charge in [-0.3, -0.25) is 0 Å². The monoisotopic (exact) mass is 283 g/mol. The van der Waals surface area contributed by atoms with Crippen molar-refractivity contribution in [3.63, 3.8) is 0 Å². The summed E-state index contributed by atoms with van der Waals surface area (Å²) in [6.45, 7) is 0. The van der Waals surface area contributed by atoms with E-state index in [9.17, 15) is 8.78 Å². The molecule has 0 amide bonds. The van der Waals surface area contributed by atoms with Crippen molar-refractivity contribution in [2.24, 2.45) is 0 Å². The number of rotatable bonds is 3. The molecule has 0 aliphatic carbocycles. The van der Waals surface area contributed by atoms with Crippen LogP contribution in [0.25, 0.3) is 5.69 Å². The summed E-state index contributed by atoms with van der Waals surface area (Å²) >= 11 is 5.91. The van der Waals surface area contributed by atoms with Crippen LogP contribution in [0.4, 0.5) is 8.78 Å². The molecule has 0 spiro atoms. The highest BCUT2D eigenvalue weighted by atomic mass is 35.5. The Bertz CT molecular complexity index is 649. The molecule has 0 bridgehead atoms. The molecule has 1 aromatic carbocycles. The lowest BCUT2D eigenvalue weighted by atomic mass is 10.3. The van der Waals surface area contributed by atoms with Crippen LogP contribution >= 0.6 is 11.6 Å². The molecule has 0 N–H and O–H groups in total. The minimum absolute atomic E-state index is 0.147. The first-order valence-electron chi connectivity index (χ1n) is 5.19. The van der Waals surface area contributed by atoms with Crippen molar-refractivity contribution in [1.82, 2.24) is 9.78 Å². The lowest BCUT2D eigenvalue weighted by molar-refractivity contribution is 0.145. The second-order valence-electron chi connectivity index (χ2n) is 3.58. The number of nitrogens with zero attached hydrogens (tertiary/aromatic N) is 3. The molecule has 19 heavy (non-hydrogen) atoms. The summed E-state index contributed by atoms with van der Waals surface area (Å²) in [5.41, 5.74) is -0.512. The first-order valence-corrected chi connectivity index (χ1v) is 5.57. The van der Waals surface area contributed by atoms with E-state index in [0.29, 0.717) is 11.4 Å². The van der Waals surface area contributed by atoms with Crippen molar-refractivity contribution in [2.75, 3.05) is 7.11 Å². The van der Waals surface area contributed by atoms with E-state index in [-0.39, 0.29) is 10.7 Å². The van der Waals surface area contributed by atoms with Crippen LogP contribution in [0, 0.1) is 11.3 Å². The first kappa shape index (κ1) is 13.3. The summed E-state index contributed by atoms with van der Waals surface area (Å²) in [7, 11) is 1.48. The molecule has 0 unspecified atom stereocenters. The van der Waals surface area contributed by atoms with Gasteiger partial charge in [-0.05, 0) is 12.1 Å². The number of methoxy groups -OCH3 is 1. The second kappa shape index (κ2) is 5.24. The SMILES string of the molecule is COc1cccc(-n2nc(C(F)F)c(C#N)c2Cl)c1. The van der Waals surface area contributed by atoms with E-state index >= 15 is 0 Å². The molecule has 0 radical (unpaired) electrons. The number of ether oxygens (including phenoxy) is 1. The van der Waals surface area contributed by atoms with E-state index in [2.05, 4.69) is 5.10 Å². The van der Waals surface area contributed by atoms with Crippen LogP contribution in [0.2, 0.25) is 5.15 Å². The molecular formula is C12H8ClF2N3O. The van der Waals surface area contributed by atoms with Crippen molar-refractivity contribution in [2.45, 2.75) is 6.43 Å². The maximum Gasteiger partial charge on any atom is 0.283 e. The van der Waals surface area contributed by atoms with E-state index in [4.69, 9.17) is 21.6 Å². The van der Waals surface area contributed by atoms with Crippen LogP contribution in [-0.4, -0.2) is 16.9 Å². The summed E-state index contributed by atoms with van der Waals surface area (Å²) in [6.07, 6.45) is -2.86. The van der Waals surface area contributed by atoms with Crippen molar-refractivity contribution in [1.29, 1.82) is 5.26 Å². The molecular weight excluding hydrogens is 276 g/mol. The largest absolute Gasteiger partial charge is 0.497 e. The Balaban J connectivity index is 2.60. The summed E-state index contributed by atoms with van der Waals surface area (Å²) in [5, 5.41) is 12.4. The Morgan fingerprint density at radius 1 is 1.47 bits per heavy atom. The molecule has 7 heteroatoms. The van der Waals surface area contributed by atoms with Crippen LogP contribution in [0.3, 0.4) is 0 Å². The van der Waals surface area contributed by atoms with E-state index in [1.54, 1.807) is 30.3 Å². The molecule has 1 aromatic heterocycles. The predicted molar refractivity (Wildman–Crippen MR) is 64.8 cm³/mol. The van der Waals surface area contributed by atoms with Crippen molar-refractivity contribution in [3.05, 3.63) is 40.7 Å². The van der Waals surface area contributed by atoms with Gasteiger partial charge in [0.15, 0.2) is 5.15 Å². The highest BCUT2D eigenvalue weighted by Crippen LogP contribution is 2.30. The highest BCUT2D eigenvalue weighted by molar-refractivity contribution is 6.31. The number of benzene rings is 1. The van der Waals surface area contributed by atoms with E-state index in [1.807, 2.05) is 0 Å². The van der Waals surface area contributed by atoms with Gasteiger partial charge in [-0.15, -0.1) is 0 Å². The zero-order chi connectivity index (χ0) is 14.0. The fourth-order valence-corrected chi connectivity index (χ4v) is 1.86. The minimum atomic E-state index is -2.86. The van der Waals surface area contributed by atoms with E-state index < -0.39 is 12.1 Å².